The number of aromatic nitrogens is 1. The van der Waals surface area contributed by atoms with Gasteiger partial charge in [0.05, 0.1) is 18.5 Å². The van der Waals surface area contributed by atoms with E-state index >= 15 is 0 Å². The summed E-state index contributed by atoms with van der Waals surface area (Å²) in [6.07, 6.45) is 0. The summed E-state index contributed by atoms with van der Waals surface area (Å²) < 4.78 is 37.9. The number of benzene rings is 3. The zero-order chi connectivity index (χ0) is 21.3. The lowest BCUT2D eigenvalue weighted by atomic mass is 10.2. The quantitative estimate of drug-likeness (QED) is 0.451. The first-order valence-corrected chi connectivity index (χ1v) is 9.01. The third kappa shape index (κ3) is 3.93. The number of hydrogen-bond donors (Lipinski definition) is 2. The fourth-order valence-electron chi connectivity index (χ4n) is 2.97. The average Bonchev–Trinajstić information content (AvgIpc) is 3.13. The molecular weight excluding hydrogens is 392 g/mol. The van der Waals surface area contributed by atoms with Crippen LogP contribution < -0.4 is 15.4 Å². The number of nitrogens with zero attached hydrogens (tertiary/aromatic N) is 1. The van der Waals surface area contributed by atoms with Crippen molar-refractivity contribution >= 4 is 28.5 Å². The average molecular weight is 409 g/mol. The van der Waals surface area contributed by atoms with Gasteiger partial charge >= 0.3 is 6.03 Å². The number of oxazole rings is 1. The van der Waals surface area contributed by atoms with Gasteiger partial charge < -0.3 is 19.8 Å². The van der Waals surface area contributed by atoms with E-state index in [1.54, 1.807) is 18.2 Å². The molecule has 1 heterocycles. The molecule has 2 amide bonds. The van der Waals surface area contributed by atoms with Crippen molar-refractivity contribution in [1.82, 2.24) is 4.98 Å². The van der Waals surface area contributed by atoms with Gasteiger partial charge in [-0.3, -0.25) is 0 Å². The number of methoxy groups -OCH3 is 1. The molecule has 0 aliphatic rings. The molecule has 1 aromatic heterocycles. The van der Waals surface area contributed by atoms with E-state index in [1.807, 2.05) is 25.1 Å². The molecule has 30 heavy (non-hydrogen) atoms. The van der Waals surface area contributed by atoms with E-state index in [0.717, 1.165) is 23.2 Å². The number of carbonyl (C=O) groups excluding carboxylic acids is 1. The zero-order valence-corrected chi connectivity index (χ0v) is 16.1. The molecule has 6 nitrogen and oxygen atoms in total. The lowest BCUT2D eigenvalue weighted by Crippen LogP contribution is -2.20. The van der Waals surface area contributed by atoms with E-state index in [0.29, 0.717) is 34.5 Å². The van der Waals surface area contributed by atoms with Crippen molar-refractivity contribution in [2.24, 2.45) is 0 Å². The number of aryl methyl sites for hydroxylation is 1. The molecule has 0 unspecified atom stereocenters. The number of rotatable bonds is 4. The third-order valence-corrected chi connectivity index (χ3v) is 4.42. The highest BCUT2D eigenvalue weighted by Crippen LogP contribution is 2.32. The topological polar surface area (TPSA) is 76.4 Å². The first-order valence-electron chi connectivity index (χ1n) is 9.01. The molecule has 0 radical (unpaired) electrons. The summed E-state index contributed by atoms with van der Waals surface area (Å²) in [4.78, 5) is 16.8. The molecule has 3 aromatic carbocycles. The van der Waals surface area contributed by atoms with E-state index in [1.165, 1.54) is 7.11 Å². The van der Waals surface area contributed by atoms with Gasteiger partial charge in [-0.1, -0.05) is 6.07 Å². The highest BCUT2D eigenvalue weighted by atomic mass is 19.1. The SMILES string of the molecule is COc1ccc(-c2nc3cc(C)ccc3o2)cc1NC(=O)Nc1ccc(F)cc1F. The first-order chi connectivity index (χ1) is 14.4. The Bertz CT molecular complexity index is 1250. The van der Waals surface area contributed by atoms with Crippen LogP contribution in [-0.4, -0.2) is 18.1 Å². The second-order valence-corrected chi connectivity index (χ2v) is 6.61. The summed E-state index contributed by atoms with van der Waals surface area (Å²) in [5.74, 6) is -0.847. The maximum atomic E-state index is 13.8. The predicted molar refractivity (Wildman–Crippen MR) is 110 cm³/mol. The fraction of sp³-hybridized carbons (Fsp3) is 0.0909. The van der Waals surface area contributed by atoms with Gasteiger partial charge in [-0.2, -0.15) is 0 Å². The van der Waals surface area contributed by atoms with Crippen LogP contribution in [0, 0.1) is 18.6 Å². The summed E-state index contributed by atoms with van der Waals surface area (Å²) >= 11 is 0. The Morgan fingerprint density at radius 3 is 2.57 bits per heavy atom. The van der Waals surface area contributed by atoms with Crippen LogP contribution in [0.1, 0.15) is 5.56 Å². The highest BCUT2D eigenvalue weighted by Gasteiger charge is 2.14. The predicted octanol–water partition coefficient (Wildman–Crippen LogP) is 5.73. The molecular formula is C22H17F2N3O3. The standard InChI is InChI=1S/C22H17F2N3O3/c1-12-3-7-20-17(9-12)25-21(30-20)13-4-8-19(29-2)18(10-13)27-22(28)26-16-6-5-14(23)11-15(16)24/h3-11H,1-2H3,(H2,26,27,28). The normalized spacial score (nSPS) is 10.8. The maximum Gasteiger partial charge on any atom is 0.323 e. The zero-order valence-electron chi connectivity index (χ0n) is 16.1. The highest BCUT2D eigenvalue weighted by molar-refractivity contribution is 6.01. The van der Waals surface area contributed by atoms with Crippen LogP contribution in [0.3, 0.4) is 0 Å². The lowest BCUT2D eigenvalue weighted by molar-refractivity contribution is 0.262. The van der Waals surface area contributed by atoms with Crippen molar-refractivity contribution in [3.8, 4) is 17.2 Å². The number of hydrogen-bond acceptors (Lipinski definition) is 4. The number of fused-ring (bicyclic) bond motifs is 1. The minimum Gasteiger partial charge on any atom is -0.495 e. The molecule has 0 saturated carbocycles. The molecule has 0 aliphatic carbocycles. The first kappa shape index (κ1) is 19.4. The number of anilines is 2. The van der Waals surface area contributed by atoms with Gasteiger partial charge in [-0.05, 0) is 55.0 Å². The lowest BCUT2D eigenvalue weighted by Gasteiger charge is -2.12. The van der Waals surface area contributed by atoms with Gasteiger partial charge in [0, 0.05) is 11.6 Å². The molecule has 0 atom stereocenters. The Labute approximate surface area is 170 Å². The van der Waals surface area contributed by atoms with Crippen LogP contribution in [0.15, 0.2) is 59.0 Å². The van der Waals surface area contributed by atoms with Crippen molar-refractivity contribution in [3.63, 3.8) is 0 Å². The van der Waals surface area contributed by atoms with Crippen molar-refractivity contribution in [2.45, 2.75) is 6.92 Å². The molecule has 4 rings (SSSR count). The van der Waals surface area contributed by atoms with Crippen LogP contribution in [0.4, 0.5) is 25.0 Å². The van der Waals surface area contributed by atoms with Gasteiger partial charge in [0.15, 0.2) is 5.58 Å². The molecule has 8 heteroatoms. The van der Waals surface area contributed by atoms with Crippen LogP contribution in [0.25, 0.3) is 22.6 Å². The Balaban J connectivity index is 1.61. The number of nitrogens with one attached hydrogen (secondary N) is 2. The smallest absolute Gasteiger partial charge is 0.323 e. The fourth-order valence-corrected chi connectivity index (χ4v) is 2.97. The Kier molecular flexibility index (Phi) is 5.05. The summed E-state index contributed by atoms with van der Waals surface area (Å²) in [5.41, 5.74) is 3.22. The van der Waals surface area contributed by atoms with Gasteiger partial charge in [0.25, 0.3) is 0 Å². The van der Waals surface area contributed by atoms with Crippen LogP contribution in [0.2, 0.25) is 0 Å². The van der Waals surface area contributed by atoms with Crippen molar-refractivity contribution in [2.75, 3.05) is 17.7 Å². The van der Waals surface area contributed by atoms with Crippen LogP contribution in [-0.2, 0) is 0 Å². The Morgan fingerprint density at radius 1 is 1.00 bits per heavy atom. The monoisotopic (exact) mass is 409 g/mol. The van der Waals surface area contributed by atoms with Gasteiger partial charge in [-0.15, -0.1) is 0 Å². The second kappa shape index (κ2) is 7.82. The minimum atomic E-state index is -0.882. The number of ether oxygens (including phenoxy) is 1. The second-order valence-electron chi connectivity index (χ2n) is 6.61. The third-order valence-electron chi connectivity index (χ3n) is 4.42. The molecule has 0 saturated heterocycles. The largest absolute Gasteiger partial charge is 0.495 e. The maximum absolute atomic E-state index is 13.8. The van der Waals surface area contributed by atoms with E-state index in [9.17, 15) is 13.6 Å². The van der Waals surface area contributed by atoms with Gasteiger partial charge in [-0.25, -0.2) is 18.6 Å². The molecule has 152 valence electrons. The van der Waals surface area contributed by atoms with Crippen LogP contribution >= 0.6 is 0 Å². The van der Waals surface area contributed by atoms with Crippen molar-refractivity contribution in [3.05, 3.63) is 71.8 Å². The van der Waals surface area contributed by atoms with Crippen molar-refractivity contribution < 1.29 is 22.7 Å². The van der Waals surface area contributed by atoms with E-state index < -0.39 is 17.7 Å². The van der Waals surface area contributed by atoms with Gasteiger partial charge in [0.1, 0.15) is 22.9 Å². The van der Waals surface area contributed by atoms with E-state index in [-0.39, 0.29) is 5.69 Å². The number of carbonyl (C=O) groups is 1. The summed E-state index contributed by atoms with van der Waals surface area (Å²) in [6, 6.07) is 12.9. The number of amides is 2. The molecule has 0 aliphatic heterocycles. The van der Waals surface area contributed by atoms with Crippen molar-refractivity contribution in [1.29, 1.82) is 0 Å². The molecule has 0 fully saturated rings. The molecule has 0 spiro atoms. The molecule has 2 N–H and O–H groups in total. The molecule has 0 bridgehead atoms. The van der Waals surface area contributed by atoms with E-state index in [4.69, 9.17) is 9.15 Å². The Morgan fingerprint density at radius 2 is 1.80 bits per heavy atom. The van der Waals surface area contributed by atoms with Crippen LogP contribution in [0.5, 0.6) is 5.75 Å². The number of urea groups is 1. The minimum absolute atomic E-state index is 0.154. The number of halogens is 2. The molecule has 4 aromatic rings. The summed E-state index contributed by atoms with van der Waals surface area (Å²) in [7, 11) is 1.46. The summed E-state index contributed by atoms with van der Waals surface area (Å²) in [6.45, 7) is 1.96. The van der Waals surface area contributed by atoms with E-state index in [2.05, 4.69) is 15.6 Å². The van der Waals surface area contributed by atoms with Gasteiger partial charge in [0.2, 0.25) is 5.89 Å². The summed E-state index contributed by atoms with van der Waals surface area (Å²) in [5, 5.41) is 4.94. The Hall–Kier alpha value is -3.94.